The summed E-state index contributed by atoms with van der Waals surface area (Å²) in [6, 6.07) is 9.93. The summed E-state index contributed by atoms with van der Waals surface area (Å²) in [6.07, 6.45) is 0. The molecule has 0 spiro atoms. The molecule has 0 saturated carbocycles. The molecule has 0 aliphatic heterocycles. The van der Waals surface area contributed by atoms with Crippen LogP contribution in [0.5, 0.6) is 0 Å². The molecule has 0 atom stereocenters. The summed E-state index contributed by atoms with van der Waals surface area (Å²) >= 11 is 4.94. The first-order valence-electron chi connectivity index (χ1n) is 9.39. The highest BCUT2D eigenvalue weighted by Crippen LogP contribution is 2.33. The quantitative estimate of drug-likeness (QED) is 0.404. The van der Waals surface area contributed by atoms with Crippen molar-refractivity contribution in [1.82, 2.24) is 19.6 Å². The van der Waals surface area contributed by atoms with Gasteiger partial charge in [0.15, 0.2) is 0 Å². The average molecular weight is 488 g/mol. The molecule has 3 heterocycles. The van der Waals surface area contributed by atoms with Gasteiger partial charge in [-0.25, -0.2) is 4.98 Å². The summed E-state index contributed by atoms with van der Waals surface area (Å²) in [5, 5.41) is 3.97. The Morgan fingerprint density at radius 1 is 1.20 bits per heavy atom. The van der Waals surface area contributed by atoms with Crippen LogP contribution in [-0.4, -0.2) is 46.7 Å². The van der Waals surface area contributed by atoms with E-state index in [0.29, 0.717) is 11.4 Å². The van der Waals surface area contributed by atoms with Gasteiger partial charge in [-0.2, -0.15) is 0 Å². The number of carbonyl (C=O) groups is 1. The molecular formula is C21H22BrN5O2S. The summed E-state index contributed by atoms with van der Waals surface area (Å²) in [4.78, 5) is 23.1. The van der Waals surface area contributed by atoms with Gasteiger partial charge in [-0.1, -0.05) is 21.1 Å². The number of halogens is 1. The highest BCUT2D eigenvalue weighted by atomic mass is 79.9. The number of aromatic nitrogens is 3. The first-order valence-corrected chi connectivity index (χ1v) is 11.0. The van der Waals surface area contributed by atoms with E-state index in [1.165, 1.54) is 11.3 Å². The van der Waals surface area contributed by atoms with Crippen LogP contribution in [0.1, 0.15) is 26.7 Å². The summed E-state index contributed by atoms with van der Waals surface area (Å²) in [5.41, 5.74) is 3.55. The Bertz CT molecular complexity index is 1200. The van der Waals surface area contributed by atoms with Crippen LogP contribution in [0.15, 0.2) is 39.3 Å². The van der Waals surface area contributed by atoms with Crippen molar-refractivity contribution in [2.24, 2.45) is 0 Å². The van der Waals surface area contributed by atoms with Gasteiger partial charge in [-0.15, -0.1) is 11.3 Å². The lowest BCUT2D eigenvalue weighted by Crippen LogP contribution is -2.25. The van der Waals surface area contributed by atoms with Crippen molar-refractivity contribution < 1.29 is 9.32 Å². The van der Waals surface area contributed by atoms with E-state index in [4.69, 9.17) is 9.51 Å². The van der Waals surface area contributed by atoms with Crippen molar-refractivity contribution in [2.45, 2.75) is 20.4 Å². The van der Waals surface area contributed by atoms with Gasteiger partial charge in [-0.3, -0.25) is 9.36 Å². The molecule has 156 valence electrons. The zero-order valence-corrected chi connectivity index (χ0v) is 19.8. The second kappa shape index (κ2) is 7.88. The lowest BCUT2D eigenvalue weighted by molar-refractivity contribution is 0.0789. The van der Waals surface area contributed by atoms with Crippen molar-refractivity contribution in [3.05, 3.63) is 56.7 Å². The number of thiophene rings is 1. The van der Waals surface area contributed by atoms with Gasteiger partial charge in [0.1, 0.15) is 16.1 Å². The number of anilines is 1. The standard InChI is InChI=1S/C21H22BrN5O2S/c1-12-16(13(2)29-24-12)11-26(5)19(28)18-10-17-20(30-18)27(21(23-17)25(3)4)15-8-6-14(22)7-9-15/h6-10H,11H2,1-5H3. The maximum Gasteiger partial charge on any atom is 0.264 e. The van der Waals surface area contributed by atoms with Gasteiger partial charge >= 0.3 is 0 Å². The molecule has 9 heteroatoms. The number of carbonyl (C=O) groups excluding carboxylic acids is 1. The Morgan fingerprint density at radius 3 is 2.50 bits per heavy atom. The van der Waals surface area contributed by atoms with Crippen LogP contribution >= 0.6 is 27.3 Å². The van der Waals surface area contributed by atoms with E-state index in [1.54, 1.807) is 11.9 Å². The van der Waals surface area contributed by atoms with Crippen molar-refractivity contribution in [3.63, 3.8) is 0 Å². The van der Waals surface area contributed by atoms with Crippen LogP contribution in [0.2, 0.25) is 0 Å². The van der Waals surface area contributed by atoms with Crippen LogP contribution < -0.4 is 4.90 Å². The molecule has 0 saturated heterocycles. The van der Waals surface area contributed by atoms with E-state index < -0.39 is 0 Å². The molecule has 7 nitrogen and oxygen atoms in total. The fraction of sp³-hybridized carbons (Fsp3) is 0.286. The summed E-state index contributed by atoms with van der Waals surface area (Å²) in [5.74, 6) is 1.51. The molecular weight excluding hydrogens is 466 g/mol. The second-order valence-electron chi connectivity index (χ2n) is 7.38. The summed E-state index contributed by atoms with van der Waals surface area (Å²) in [6.45, 7) is 4.20. The highest BCUT2D eigenvalue weighted by molar-refractivity contribution is 9.10. The van der Waals surface area contributed by atoms with E-state index in [2.05, 4.69) is 25.7 Å². The Hall–Kier alpha value is -2.65. The van der Waals surface area contributed by atoms with Crippen molar-refractivity contribution in [1.29, 1.82) is 0 Å². The number of rotatable bonds is 5. The molecule has 4 rings (SSSR count). The smallest absolute Gasteiger partial charge is 0.264 e. The van der Waals surface area contributed by atoms with Gasteiger partial charge in [0.05, 0.1) is 17.1 Å². The monoisotopic (exact) mass is 487 g/mol. The predicted molar refractivity (Wildman–Crippen MR) is 123 cm³/mol. The number of imidazole rings is 1. The minimum absolute atomic E-state index is 0.0493. The van der Waals surface area contributed by atoms with E-state index in [0.717, 1.165) is 43.5 Å². The van der Waals surface area contributed by atoms with E-state index >= 15 is 0 Å². The van der Waals surface area contributed by atoms with Crippen LogP contribution in [0.4, 0.5) is 5.95 Å². The van der Waals surface area contributed by atoms with E-state index in [1.807, 2.05) is 63.2 Å². The maximum absolute atomic E-state index is 13.1. The lowest BCUT2D eigenvalue weighted by Gasteiger charge is -2.16. The topological polar surface area (TPSA) is 67.4 Å². The first-order chi connectivity index (χ1) is 14.3. The first kappa shape index (κ1) is 20.6. The Balaban J connectivity index is 1.71. The van der Waals surface area contributed by atoms with Crippen molar-refractivity contribution in [2.75, 3.05) is 26.0 Å². The van der Waals surface area contributed by atoms with Crippen LogP contribution in [-0.2, 0) is 6.54 Å². The molecule has 0 unspecified atom stereocenters. The molecule has 4 aromatic rings. The molecule has 1 aromatic carbocycles. The van der Waals surface area contributed by atoms with Crippen LogP contribution in [0, 0.1) is 13.8 Å². The Morgan fingerprint density at radius 2 is 1.90 bits per heavy atom. The number of fused-ring (bicyclic) bond motifs is 1. The maximum atomic E-state index is 13.1. The third kappa shape index (κ3) is 3.63. The number of hydrogen-bond donors (Lipinski definition) is 0. The molecule has 3 aromatic heterocycles. The fourth-order valence-electron chi connectivity index (χ4n) is 3.31. The number of amides is 1. The fourth-order valence-corrected chi connectivity index (χ4v) is 4.69. The highest BCUT2D eigenvalue weighted by Gasteiger charge is 2.23. The van der Waals surface area contributed by atoms with Crippen molar-refractivity contribution >= 4 is 49.5 Å². The molecule has 0 N–H and O–H groups in total. The Kier molecular flexibility index (Phi) is 5.42. The SMILES string of the molecule is Cc1noc(C)c1CN(C)C(=O)c1cc2nc(N(C)C)n(-c3ccc(Br)cc3)c2s1. The lowest BCUT2D eigenvalue weighted by atomic mass is 10.2. The number of aryl methyl sites for hydroxylation is 2. The number of hydrogen-bond acceptors (Lipinski definition) is 6. The Labute approximate surface area is 187 Å². The normalized spacial score (nSPS) is 11.3. The minimum Gasteiger partial charge on any atom is -0.361 e. The third-order valence-corrected chi connectivity index (χ3v) is 6.56. The summed E-state index contributed by atoms with van der Waals surface area (Å²) < 4.78 is 8.31. The molecule has 0 aliphatic carbocycles. The van der Waals surface area contributed by atoms with Gasteiger partial charge in [0.25, 0.3) is 5.91 Å². The zero-order valence-electron chi connectivity index (χ0n) is 17.4. The molecule has 0 fully saturated rings. The number of benzene rings is 1. The largest absolute Gasteiger partial charge is 0.361 e. The summed E-state index contributed by atoms with van der Waals surface area (Å²) in [7, 11) is 5.72. The van der Waals surface area contributed by atoms with Crippen molar-refractivity contribution in [3.8, 4) is 5.69 Å². The van der Waals surface area contributed by atoms with Crippen LogP contribution in [0.3, 0.4) is 0 Å². The van der Waals surface area contributed by atoms with Crippen LogP contribution in [0.25, 0.3) is 16.0 Å². The molecule has 0 aliphatic rings. The van der Waals surface area contributed by atoms with Gasteiger partial charge < -0.3 is 14.3 Å². The van der Waals surface area contributed by atoms with Gasteiger partial charge in [-0.05, 0) is 44.2 Å². The average Bonchev–Trinajstić information content (AvgIpc) is 3.36. The third-order valence-electron chi connectivity index (χ3n) is 4.94. The predicted octanol–water partition coefficient (Wildman–Crippen LogP) is 4.79. The second-order valence-corrected chi connectivity index (χ2v) is 9.33. The molecule has 0 bridgehead atoms. The molecule has 0 radical (unpaired) electrons. The molecule has 1 amide bonds. The molecule has 30 heavy (non-hydrogen) atoms. The van der Waals surface area contributed by atoms with Gasteiger partial charge in [0, 0.05) is 36.9 Å². The van der Waals surface area contributed by atoms with E-state index in [9.17, 15) is 4.79 Å². The minimum atomic E-state index is -0.0493. The van der Waals surface area contributed by atoms with Gasteiger partial charge in [0.2, 0.25) is 5.95 Å². The zero-order chi connectivity index (χ0) is 21.6. The van der Waals surface area contributed by atoms with E-state index in [-0.39, 0.29) is 5.91 Å². The number of nitrogens with zero attached hydrogens (tertiary/aromatic N) is 5.